The number of piperazine rings is 1. The van der Waals surface area contributed by atoms with Gasteiger partial charge in [-0.05, 0) is 41.0 Å². The third kappa shape index (κ3) is 5.03. The molecule has 0 bridgehead atoms. The zero-order chi connectivity index (χ0) is 22.3. The highest BCUT2D eigenvalue weighted by atomic mass is 16.5. The Labute approximate surface area is 190 Å². The Kier molecular flexibility index (Phi) is 7.24. The fraction of sp³-hybridized carbons (Fsp3) is 0.346. The molecule has 32 heavy (non-hydrogen) atoms. The molecule has 3 aromatic rings. The molecule has 0 N–H and O–H groups in total. The van der Waals surface area contributed by atoms with Crippen LogP contribution in [0.2, 0.25) is 0 Å². The van der Waals surface area contributed by atoms with Crippen LogP contribution in [0.5, 0.6) is 17.2 Å². The zero-order valence-electron chi connectivity index (χ0n) is 19.1. The van der Waals surface area contributed by atoms with Crippen molar-refractivity contribution in [2.75, 3.05) is 47.5 Å². The van der Waals surface area contributed by atoms with E-state index in [4.69, 9.17) is 14.2 Å². The topological polar surface area (TPSA) is 47.1 Å². The van der Waals surface area contributed by atoms with Crippen molar-refractivity contribution in [2.24, 2.45) is 0 Å². The van der Waals surface area contributed by atoms with Crippen LogP contribution in [0.15, 0.2) is 60.9 Å². The zero-order valence-corrected chi connectivity index (χ0v) is 19.1. The standard InChI is InChI=1S/C26H31N3O3/c1-30-24-8-7-23(25(31-2)26(24)32-3)19-29-15-13-28(14-16-29)18-20-5-4-6-22(17-20)21-9-11-27-12-10-21/h4-12,17H,13-16,18-19H2,1-3H3. The van der Waals surface area contributed by atoms with Crippen LogP contribution in [-0.2, 0) is 13.1 Å². The average Bonchev–Trinajstić information content (AvgIpc) is 2.85. The smallest absolute Gasteiger partial charge is 0.203 e. The Morgan fingerprint density at radius 3 is 2.06 bits per heavy atom. The van der Waals surface area contributed by atoms with Crippen molar-refractivity contribution in [3.63, 3.8) is 0 Å². The van der Waals surface area contributed by atoms with Crippen LogP contribution < -0.4 is 14.2 Å². The lowest BCUT2D eigenvalue weighted by molar-refractivity contribution is 0.121. The van der Waals surface area contributed by atoms with Crippen molar-refractivity contribution in [1.82, 2.24) is 14.8 Å². The molecule has 0 saturated carbocycles. The predicted molar refractivity (Wildman–Crippen MR) is 126 cm³/mol. The molecule has 6 heteroatoms. The Hall–Kier alpha value is -3.09. The lowest BCUT2D eigenvalue weighted by atomic mass is 10.0. The van der Waals surface area contributed by atoms with Gasteiger partial charge in [0.05, 0.1) is 21.3 Å². The van der Waals surface area contributed by atoms with Crippen LogP contribution in [0.1, 0.15) is 11.1 Å². The van der Waals surface area contributed by atoms with Gasteiger partial charge in [-0.25, -0.2) is 0 Å². The fourth-order valence-electron chi connectivity index (χ4n) is 4.29. The molecule has 0 spiro atoms. The maximum atomic E-state index is 5.65. The molecule has 6 nitrogen and oxygen atoms in total. The lowest BCUT2D eigenvalue weighted by Crippen LogP contribution is -2.45. The van der Waals surface area contributed by atoms with Crippen molar-refractivity contribution in [3.8, 4) is 28.4 Å². The Morgan fingerprint density at radius 1 is 0.719 bits per heavy atom. The van der Waals surface area contributed by atoms with Gasteiger partial charge in [-0.3, -0.25) is 14.8 Å². The maximum Gasteiger partial charge on any atom is 0.203 e. The van der Waals surface area contributed by atoms with E-state index in [-0.39, 0.29) is 0 Å². The van der Waals surface area contributed by atoms with Crippen LogP contribution in [0, 0.1) is 0 Å². The van der Waals surface area contributed by atoms with Crippen LogP contribution in [0.3, 0.4) is 0 Å². The number of nitrogens with zero attached hydrogens (tertiary/aromatic N) is 3. The molecule has 0 amide bonds. The normalized spacial score (nSPS) is 14.8. The summed E-state index contributed by atoms with van der Waals surface area (Å²) >= 11 is 0. The molecule has 168 valence electrons. The van der Waals surface area contributed by atoms with Gasteiger partial charge in [0.2, 0.25) is 5.75 Å². The molecule has 0 aliphatic carbocycles. The molecule has 1 fully saturated rings. The summed E-state index contributed by atoms with van der Waals surface area (Å²) in [5.41, 5.74) is 4.90. The number of rotatable bonds is 8. The minimum atomic E-state index is 0.653. The minimum Gasteiger partial charge on any atom is -0.493 e. The van der Waals surface area contributed by atoms with Gasteiger partial charge < -0.3 is 14.2 Å². The van der Waals surface area contributed by atoms with E-state index in [0.717, 1.165) is 50.6 Å². The van der Waals surface area contributed by atoms with E-state index in [1.54, 1.807) is 21.3 Å². The second-order valence-corrected chi connectivity index (χ2v) is 7.98. The molecule has 0 unspecified atom stereocenters. The van der Waals surface area contributed by atoms with Gasteiger partial charge in [-0.15, -0.1) is 0 Å². The van der Waals surface area contributed by atoms with Crippen molar-refractivity contribution >= 4 is 0 Å². The number of methoxy groups -OCH3 is 3. The highest BCUT2D eigenvalue weighted by Crippen LogP contribution is 2.40. The third-order valence-electron chi connectivity index (χ3n) is 5.99. The molecule has 1 aromatic heterocycles. The molecular weight excluding hydrogens is 402 g/mol. The molecule has 0 atom stereocenters. The minimum absolute atomic E-state index is 0.653. The molecular formula is C26H31N3O3. The fourth-order valence-corrected chi connectivity index (χ4v) is 4.29. The Balaban J connectivity index is 1.36. The second-order valence-electron chi connectivity index (χ2n) is 7.98. The van der Waals surface area contributed by atoms with E-state index in [1.807, 2.05) is 18.5 Å². The van der Waals surface area contributed by atoms with Crippen molar-refractivity contribution in [1.29, 1.82) is 0 Å². The number of ether oxygens (including phenoxy) is 3. The van der Waals surface area contributed by atoms with Crippen molar-refractivity contribution < 1.29 is 14.2 Å². The monoisotopic (exact) mass is 433 g/mol. The molecule has 1 aliphatic rings. The third-order valence-corrected chi connectivity index (χ3v) is 5.99. The number of hydrogen-bond donors (Lipinski definition) is 0. The van der Waals surface area contributed by atoms with Crippen LogP contribution in [0.25, 0.3) is 11.1 Å². The molecule has 1 saturated heterocycles. The molecule has 1 aliphatic heterocycles. The quantitative estimate of drug-likeness (QED) is 0.533. The van der Waals surface area contributed by atoms with Gasteiger partial charge >= 0.3 is 0 Å². The lowest BCUT2D eigenvalue weighted by Gasteiger charge is -2.35. The van der Waals surface area contributed by atoms with Gasteiger partial charge in [0.1, 0.15) is 0 Å². The van der Waals surface area contributed by atoms with Gasteiger partial charge in [0.25, 0.3) is 0 Å². The first-order valence-electron chi connectivity index (χ1n) is 10.9. The summed E-state index contributed by atoms with van der Waals surface area (Å²) in [5.74, 6) is 2.09. The van der Waals surface area contributed by atoms with E-state index >= 15 is 0 Å². The summed E-state index contributed by atoms with van der Waals surface area (Å²) in [6.07, 6.45) is 3.68. The van der Waals surface area contributed by atoms with Gasteiger partial charge in [0, 0.05) is 57.2 Å². The van der Waals surface area contributed by atoms with Gasteiger partial charge in [-0.2, -0.15) is 0 Å². The number of benzene rings is 2. The summed E-state index contributed by atoms with van der Waals surface area (Å²) in [6, 6.07) is 16.9. The number of aromatic nitrogens is 1. The van der Waals surface area contributed by atoms with Gasteiger partial charge in [-0.1, -0.05) is 24.3 Å². The first-order valence-corrected chi connectivity index (χ1v) is 10.9. The van der Waals surface area contributed by atoms with E-state index in [1.165, 1.54) is 16.7 Å². The van der Waals surface area contributed by atoms with Crippen LogP contribution in [0.4, 0.5) is 0 Å². The largest absolute Gasteiger partial charge is 0.493 e. The molecule has 2 heterocycles. The number of hydrogen-bond acceptors (Lipinski definition) is 6. The molecule has 0 radical (unpaired) electrons. The first-order chi connectivity index (χ1) is 15.7. The maximum absolute atomic E-state index is 5.65. The molecule has 2 aromatic carbocycles. The highest BCUT2D eigenvalue weighted by Gasteiger charge is 2.21. The predicted octanol–water partition coefficient (Wildman–Crippen LogP) is 4.09. The summed E-state index contributed by atoms with van der Waals surface area (Å²) in [5, 5.41) is 0. The van der Waals surface area contributed by atoms with E-state index < -0.39 is 0 Å². The Morgan fingerprint density at radius 2 is 1.41 bits per heavy atom. The van der Waals surface area contributed by atoms with Crippen LogP contribution >= 0.6 is 0 Å². The van der Waals surface area contributed by atoms with Crippen molar-refractivity contribution in [3.05, 3.63) is 72.1 Å². The highest BCUT2D eigenvalue weighted by molar-refractivity contribution is 5.63. The SMILES string of the molecule is COc1ccc(CN2CCN(Cc3cccc(-c4ccncc4)c3)CC2)c(OC)c1OC. The van der Waals surface area contributed by atoms with Crippen LogP contribution in [-0.4, -0.2) is 62.3 Å². The second kappa shape index (κ2) is 10.5. The molecule has 4 rings (SSSR count). The Bertz CT molecular complexity index is 1020. The summed E-state index contributed by atoms with van der Waals surface area (Å²) in [4.78, 5) is 9.11. The average molecular weight is 434 g/mol. The van der Waals surface area contributed by atoms with Crippen molar-refractivity contribution in [2.45, 2.75) is 13.1 Å². The summed E-state index contributed by atoms with van der Waals surface area (Å²) in [6.45, 7) is 5.90. The van der Waals surface area contributed by atoms with E-state index in [9.17, 15) is 0 Å². The summed E-state index contributed by atoms with van der Waals surface area (Å²) in [7, 11) is 4.97. The number of pyridine rings is 1. The van der Waals surface area contributed by atoms with Gasteiger partial charge in [0.15, 0.2) is 11.5 Å². The van der Waals surface area contributed by atoms with E-state index in [2.05, 4.69) is 57.2 Å². The summed E-state index contributed by atoms with van der Waals surface area (Å²) < 4.78 is 16.6. The first kappa shape index (κ1) is 22.1. The van der Waals surface area contributed by atoms with E-state index in [0.29, 0.717) is 11.5 Å².